The zero-order chi connectivity index (χ0) is 22.9. The maximum absolute atomic E-state index is 4.62. The molecule has 180 valence electrons. The monoisotopic (exact) mass is 446 g/mol. The van der Waals surface area contributed by atoms with Gasteiger partial charge in [-0.3, -0.25) is 0 Å². The molecule has 33 heavy (non-hydrogen) atoms. The second-order valence-electron chi connectivity index (χ2n) is 11.0. The van der Waals surface area contributed by atoms with E-state index in [0.29, 0.717) is 0 Å². The summed E-state index contributed by atoms with van der Waals surface area (Å²) in [4.78, 5) is 9.24. The van der Waals surface area contributed by atoms with E-state index in [-0.39, 0.29) is 0 Å². The van der Waals surface area contributed by atoms with Crippen molar-refractivity contribution in [2.75, 3.05) is 0 Å². The molecule has 0 N–H and O–H groups in total. The highest BCUT2D eigenvalue weighted by Gasteiger charge is 2.31. The molecule has 0 bridgehead atoms. The standard InChI is InChI=1S/C31H46N2/c1-3-5-7-9-24-10-12-26(13-11-24)27-14-16-28(17-15-27)29-18-20-30(21-19-29)31-32-22-25(23-33-31)8-6-4-2/h18-24,26-28H,3-17H2,1-2H3/t24-,26-,27-,28-. The first-order chi connectivity index (χ1) is 16.3. The molecule has 2 aliphatic carbocycles. The van der Waals surface area contributed by atoms with Gasteiger partial charge in [-0.1, -0.05) is 83.1 Å². The van der Waals surface area contributed by atoms with Gasteiger partial charge < -0.3 is 0 Å². The van der Waals surface area contributed by atoms with E-state index in [2.05, 4.69) is 48.1 Å². The van der Waals surface area contributed by atoms with Crippen LogP contribution in [0.25, 0.3) is 11.4 Å². The van der Waals surface area contributed by atoms with Crippen molar-refractivity contribution in [3.05, 3.63) is 47.8 Å². The highest BCUT2D eigenvalue weighted by molar-refractivity contribution is 5.55. The Balaban J connectivity index is 1.23. The Morgan fingerprint density at radius 2 is 1.30 bits per heavy atom. The molecule has 2 aliphatic rings. The maximum atomic E-state index is 4.62. The Bertz CT molecular complexity index is 794. The van der Waals surface area contributed by atoms with E-state index in [9.17, 15) is 0 Å². The van der Waals surface area contributed by atoms with Crippen molar-refractivity contribution in [1.82, 2.24) is 9.97 Å². The van der Waals surface area contributed by atoms with Crippen LogP contribution in [0.4, 0.5) is 0 Å². The van der Waals surface area contributed by atoms with Gasteiger partial charge in [0.2, 0.25) is 0 Å². The van der Waals surface area contributed by atoms with E-state index >= 15 is 0 Å². The Hall–Kier alpha value is -1.70. The Kier molecular flexibility index (Phi) is 9.38. The molecule has 0 unspecified atom stereocenters. The lowest BCUT2D eigenvalue weighted by atomic mass is 9.68. The lowest BCUT2D eigenvalue weighted by Crippen LogP contribution is -2.25. The van der Waals surface area contributed by atoms with Crippen molar-refractivity contribution >= 4 is 0 Å². The van der Waals surface area contributed by atoms with E-state index in [1.54, 1.807) is 0 Å². The van der Waals surface area contributed by atoms with E-state index in [1.165, 1.54) is 101 Å². The number of rotatable bonds is 10. The molecule has 1 aromatic heterocycles. The molecule has 0 saturated heterocycles. The van der Waals surface area contributed by atoms with Crippen LogP contribution in [0.5, 0.6) is 0 Å². The smallest absolute Gasteiger partial charge is 0.159 e. The first-order valence-corrected chi connectivity index (χ1v) is 14.2. The van der Waals surface area contributed by atoms with Crippen molar-refractivity contribution < 1.29 is 0 Å². The summed E-state index contributed by atoms with van der Waals surface area (Å²) >= 11 is 0. The fraction of sp³-hybridized carbons (Fsp3) is 0.677. The summed E-state index contributed by atoms with van der Waals surface area (Å²) in [6.07, 6.45) is 25.0. The molecule has 4 rings (SSSR count). The predicted octanol–water partition coefficient (Wildman–Crippen LogP) is 9.15. The van der Waals surface area contributed by atoms with Crippen LogP contribution < -0.4 is 0 Å². The molecular formula is C31H46N2. The van der Waals surface area contributed by atoms with Gasteiger partial charge in [-0.15, -0.1) is 0 Å². The Labute approximate surface area is 203 Å². The SMILES string of the molecule is CCCCC[C@H]1CC[C@H]([C@H]2CC[C@H](c3ccc(-c4ncc(CCCC)cn4)cc3)CC2)CC1. The van der Waals surface area contributed by atoms with Gasteiger partial charge in [0.15, 0.2) is 5.82 Å². The van der Waals surface area contributed by atoms with E-state index in [1.807, 2.05) is 12.4 Å². The maximum Gasteiger partial charge on any atom is 0.159 e. The van der Waals surface area contributed by atoms with E-state index in [4.69, 9.17) is 0 Å². The lowest BCUT2D eigenvalue weighted by molar-refractivity contribution is 0.155. The molecule has 2 nitrogen and oxygen atoms in total. The van der Waals surface area contributed by atoms with Gasteiger partial charge >= 0.3 is 0 Å². The van der Waals surface area contributed by atoms with E-state index in [0.717, 1.165) is 41.5 Å². The number of hydrogen-bond acceptors (Lipinski definition) is 2. The minimum absolute atomic E-state index is 0.748. The fourth-order valence-electron chi connectivity index (χ4n) is 6.47. The second kappa shape index (κ2) is 12.7. The third kappa shape index (κ3) is 6.90. The van der Waals surface area contributed by atoms with Crippen LogP contribution in [-0.4, -0.2) is 9.97 Å². The number of nitrogens with zero attached hydrogens (tertiary/aromatic N) is 2. The summed E-state index contributed by atoms with van der Waals surface area (Å²) in [5.41, 5.74) is 3.92. The van der Waals surface area contributed by atoms with Crippen molar-refractivity contribution in [2.45, 2.75) is 116 Å². The highest BCUT2D eigenvalue weighted by Crippen LogP contribution is 2.44. The topological polar surface area (TPSA) is 25.8 Å². The molecule has 0 aliphatic heterocycles. The summed E-state index contributed by atoms with van der Waals surface area (Å²) in [6.45, 7) is 4.55. The predicted molar refractivity (Wildman–Crippen MR) is 140 cm³/mol. The molecule has 1 heterocycles. The normalized spacial score (nSPS) is 25.8. The van der Waals surface area contributed by atoms with E-state index < -0.39 is 0 Å². The average Bonchev–Trinajstić information content (AvgIpc) is 2.89. The van der Waals surface area contributed by atoms with Crippen LogP contribution in [0.15, 0.2) is 36.7 Å². The third-order valence-electron chi connectivity index (χ3n) is 8.71. The van der Waals surface area contributed by atoms with Gasteiger partial charge in [0, 0.05) is 18.0 Å². The van der Waals surface area contributed by atoms with Crippen LogP contribution >= 0.6 is 0 Å². The minimum atomic E-state index is 0.748. The molecular weight excluding hydrogens is 400 g/mol. The number of unbranched alkanes of at least 4 members (excludes halogenated alkanes) is 3. The van der Waals surface area contributed by atoms with Crippen molar-refractivity contribution in [3.63, 3.8) is 0 Å². The summed E-state index contributed by atoms with van der Waals surface area (Å²) in [6, 6.07) is 9.16. The van der Waals surface area contributed by atoms with Gasteiger partial charge in [-0.2, -0.15) is 0 Å². The second-order valence-corrected chi connectivity index (χ2v) is 11.0. The van der Waals surface area contributed by atoms with Crippen LogP contribution in [-0.2, 0) is 6.42 Å². The molecule has 2 aromatic rings. The summed E-state index contributed by atoms with van der Waals surface area (Å²) in [5, 5.41) is 0. The van der Waals surface area contributed by atoms with Gasteiger partial charge in [-0.05, 0) is 86.2 Å². The molecule has 0 radical (unpaired) electrons. The van der Waals surface area contributed by atoms with Crippen molar-refractivity contribution in [3.8, 4) is 11.4 Å². The van der Waals surface area contributed by atoms with Crippen LogP contribution in [0.2, 0.25) is 0 Å². The lowest BCUT2D eigenvalue weighted by Gasteiger charge is -2.38. The Morgan fingerprint density at radius 1 is 0.697 bits per heavy atom. The number of aryl methyl sites for hydroxylation is 1. The van der Waals surface area contributed by atoms with Gasteiger partial charge in [0.1, 0.15) is 0 Å². The third-order valence-corrected chi connectivity index (χ3v) is 8.71. The first kappa shape index (κ1) is 24.4. The molecule has 0 amide bonds. The summed E-state index contributed by atoms with van der Waals surface area (Å²) in [5.74, 6) is 4.66. The summed E-state index contributed by atoms with van der Waals surface area (Å²) < 4.78 is 0. The molecule has 2 fully saturated rings. The molecule has 0 atom stereocenters. The molecule has 2 saturated carbocycles. The quantitative estimate of drug-likeness (QED) is 0.340. The van der Waals surface area contributed by atoms with Gasteiger partial charge in [0.25, 0.3) is 0 Å². The van der Waals surface area contributed by atoms with Crippen LogP contribution in [0, 0.1) is 17.8 Å². The first-order valence-electron chi connectivity index (χ1n) is 14.2. The van der Waals surface area contributed by atoms with Crippen LogP contribution in [0.3, 0.4) is 0 Å². The van der Waals surface area contributed by atoms with Crippen molar-refractivity contribution in [1.29, 1.82) is 0 Å². The molecule has 1 aromatic carbocycles. The largest absolute Gasteiger partial charge is 0.236 e. The number of aromatic nitrogens is 2. The number of benzene rings is 1. The van der Waals surface area contributed by atoms with Gasteiger partial charge in [0.05, 0.1) is 0 Å². The Morgan fingerprint density at radius 3 is 1.91 bits per heavy atom. The van der Waals surface area contributed by atoms with Gasteiger partial charge in [-0.25, -0.2) is 9.97 Å². The number of hydrogen-bond donors (Lipinski definition) is 0. The zero-order valence-electron chi connectivity index (χ0n) is 21.3. The average molecular weight is 447 g/mol. The highest BCUT2D eigenvalue weighted by atomic mass is 14.9. The minimum Gasteiger partial charge on any atom is -0.236 e. The molecule has 2 heteroatoms. The van der Waals surface area contributed by atoms with Crippen LogP contribution in [0.1, 0.15) is 121 Å². The molecule has 0 spiro atoms. The fourth-order valence-corrected chi connectivity index (χ4v) is 6.47. The van der Waals surface area contributed by atoms with Crippen molar-refractivity contribution in [2.24, 2.45) is 17.8 Å². The summed E-state index contributed by atoms with van der Waals surface area (Å²) in [7, 11) is 0. The zero-order valence-corrected chi connectivity index (χ0v) is 21.3.